The molecule has 1 saturated carbocycles. The maximum Gasteiger partial charge on any atom is 0.133 e. The zero-order chi connectivity index (χ0) is 7.94. The van der Waals surface area contributed by atoms with Crippen LogP contribution in [-0.2, 0) is 4.79 Å². The molecule has 1 fully saturated rings. The molecule has 1 aliphatic rings. The van der Waals surface area contributed by atoms with Gasteiger partial charge in [0.15, 0.2) is 0 Å². The largest absolute Gasteiger partial charge is 0.300 e. The molecule has 0 bridgehead atoms. The summed E-state index contributed by atoms with van der Waals surface area (Å²) >= 11 is 0. The van der Waals surface area contributed by atoms with Crippen molar-refractivity contribution in [2.75, 3.05) is 0 Å². The van der Waals surface area contributed by atoms with E-state index in [0.717, 1.165) is 6.42 Å². The number of carbonyl (C=O) groups excluding carboxylic acids is 1. The zero-order valence-corrected chi connectivity index (χ0v) is 7.27. The summed E-state index contributed by atoms with van der Waals surface area (Å²) in [5, 5.41) is 0. The van der Waals surface area contributed by atoms with E-state index in [4.69, 9.17) is 0 Å². The third-order valence-electron chi connectivity index (χ3n) is 3.10. The molecule has 0 aromatic carbocycles. The summed E-state index contributed by atoms with van der Waals surface area (Å²) in [6, 6.07) is 0. The Morgan fingerprint density at radius 1 is 1.50 bits per heavy atom. The van der Waals surface area contributed by atoms with Crippen molar-refractivity contribution >= 4 is 5.78 Å². The summed E-state index contributed by atoms with van der Waals surface area (Å²) in [4.78, 5) is 10.9. The maximum atomic E-state index is 10.9. The van der Waals surface area contributed by atoms with Crippen LogP contribution in [0.2, 0.25) is 0 Å². The van der Waals surface area contributed by atoms with E-state index in [1.54, 1.807) is 6.92 Å². The highest BCUT2D eigenvalue weighted by molar-refractivity contribution is 5.79. The van der Waals surface area contributed by atoms with E-state index >= 15 is 0 Å². The number of hydrogen-bond acceptors (Lipinski definition) is 1. The van der Waals surface area contributed by atoms with Crippen LogP contribution in [0.1, 0.15) is 34.1 Å². The highest BCUT2D eigenvalue weighted by Crippen LogP contribution is 2.50. The Balaban J connectivity index is 2.55. The molecule has 0 saturated heterocycles. The molecule has 2 atom stereocenters. The summed E-state index contributed by atoms with van der Waals surface area (Å²) in [6.45, 7) is 8.35. The lowest BCUT2D eigenvalue weighted by atomic mass is 9.55. The van der Waals surface area contributed by atoms with Gasteiger partial charge >= 0.3 is 0 Å². The summed E-state index contributed by atoms with van der Waals surface area (Å²) in [7, 11) is 0. The number of ketones is 1. The quantitative estimate of drug-likeness (QED) is 0.546. The summed E-state index contributed by atoms with van der Waals surface area (Å²) < 4.78 is 0. The fourth-order valence-electron chi connectivity index (χ4n) is 1.81. The van der Waals surface area contributed by atoms with Gasteiger partial charge < -0.3 is 0 Å². The predicted molar refractivity (Wildman–Crippen MR) is 41.7 cm³/mol. The molecule has 2 unspecified atom stereocenters. The van der Waals surface area contributed by atoms with Crippen LogP contribution in [0.5, 0.6) is 0 Å². The minimum absolute atomic E-state index is 0.356. The van der Waals surface area contributed by atoms with Crippen LogP contribution < -0.4 is 0 Å². The Bertz CT molecular complexity index is 158. The van der Waals surface area contributed by atoms with Crippen LogP contribution in [0.25, 0.3) is 0 Å². The lowest BCUT2D eigenvalue weighted by Gasteiger charge is -2.48. The molecule has 1 nitrogen and oxygen atoms in total. The lowest BCUT2D eigenvalue weighted by Crippen LogP contribution is -2.45. The van der Waals surface area contributed by atoms with Gasteiger partial charge in [-0.15, -0.1) is 0 Å². The molecular formula is C9H16O. The van der Waals surface area contributed by atoms with Gasteiger partial charge in [0, 0.05) is 5.92 Å². The van der Waals surface area contributed by atoms with E-state index < -0.39 is 0 Å². The maximum absolute atomic E-state index is 10.9. The first-order chi connectivity index (χ1) is 4.45. The molecule has 0 amide bonds. The minimum Gasteiger partial charge on any atom is -0.300 e. The average Bonchev–Trinajstić information content (AvgIpc) is 1.82. The second kappa shape index (κ2) is 2.08. The van der Waals surface area contributed by atoms with Crippen molar-refractivity contribution in [1.82, 2.24) is 0 Å². The summed E-state index contributed by atoms with van der Waals surface area (Å²) in [5.74, 6) is 1.31. The van der Waals surface area contributed by atoms with Crippen LogP contribution in [0.15, 0.2) is 0 Å². The number of carbonyl (C=O) groups is 1. The third-order valence-corrected chi connectivity index (χ3v) is 3.10. The number of hydrogen-bond donors (Lipinski definition) is 0. The van der Waals surface area contributed by atoms with Crippen LogP contribution >= 0.6 is 0 Å². The van der Waals surface area contributed by atoms with Crippen LogP contribution in [0.3, 0.4) is 0 Å². The Morgan fingerprint density at radius 2 is 2.00 bits per heavy atom. The van der Waals surface area contributed by atoms with Crippen molar-refractivity contribution in [3.8, 4) is 0 Å². The van der Waals surface area contributed by atoms with Crippen molar-refractivity contribution in [2.45, 2.75) is 34.1 Å². The Kier molecular flexibility index (Phi) is 1.61. The van der Waals surface area contributed by atoms with E-state index in [2.05, 4.69) is 20.8 Å². The van der Waals surface area contributed by atoms with E-state index in [0.29, 0.717) is 23.0 Å². The number of rotatable bonds is 1. The Hall–Kier alpha value is -0.330. The minimum atomic E-state index is 0.356. The van der Waals surface area contributed by atoms with Crippen molar-refractivity contribution < 1.29 is 4.79 Å². The highest BCUT2D eigenvalue weighted by atomic mass is 16.1. The molecule has 10 heavy (non-hydrogen) atoms. The summed E-state index contributed by atoms with van der Waals surface area (Å²) in [6.07, 6.45) is 1.09. The van der Waals surface area contributed by atoms with Gasteiger partial charge in [0.1, 0.15) is 5.78 Å². The fraction of sp³-hybridized carbons (Fsp3) is 0.889. The van der Waals surface area contributed by atoms with Gasteiger partial charge in [-0.05, 0) is 24.7 Å². The predicted octanol–water partition coefficient (Wildman–Crippen LogP) is 2.26. The zero-order valence-electron chi connectivity index (χ0n) is 7.27. The van der Waals surface area contributed by atoms with E-state index in [9.17, 15) is 4.79 Å². The molecule has 58 valence electrons. The van der Waals surface area contributed by atoms with E-state index in [1.807, 2.05) is 0 Å². The second-order valence-corrected chi connectivity index (χ2v) is 4.20. The highest BCUT2D eigenvalue weighted by Gasteiger charge is 2.45. The number of Topliss-reactive ketones (excluding diaryl/α,β-unsaturated/α-hetero) is 1. The van der Waals surface area contributed by atoms with Crippen molar-refractivity contribution in [3.05, 3.63) is 0 Å². The van der Waals surface area contributed by atoms with Crippen molar-refractivity contribution in [2.24, 2.45) is 17.3 Å². The molecule has 0 N–H and O–H groups in total. The average molecular weight is 140 g/mol. The first-order valence-electron chi connectivity index (χ1n) is 3.95. The standard InChI is InChI=1S/C9H16O/c1-6-8(7(2)10)5-9(6,3)4/h6,8H,5H2,1-4H3. The van der Waals surface area contributed by atoms with Gasteiger partial charge in [-0.3, -0.25) is 4.79 Å². The fourth-order valence-corrected chi connectivity index (χ4v) is 1.81. The molecule has 1 heteroatoms. The molecule has 0 radical (unpaired) electrons. The van der Waals surface area contributed by atoms with Gasteiger partial charge in [-0.2, -0.15) is 0 Å². The third kappa shape index (κ3) is 0.979. The van der Waals surface area contributed by atoms with E-state index in [-0.39, 0.29) is 0 Å². The van der Waals surface area contributed by atoms with Crippen molar-refractivity contribution in [3.63, 3.8) is 0 Å². The van der Waals surface area contributed by atoms with Gasteiger partial charge in [0.05, 0.1) is 0 Å². The molecule has 0 aliphatic heterocycles. The topological polar surface area (TPSA) is 17.1 Å². The Labute approximate surface area is 62.8 Å². The lowest BCUT2D eigenvalue weighted by molar-refractivity contribution is -0.132. The SMILES string of the molecule is CC(=O)C1CC(C)(C)C1C. The van der Waals surface area contributed by atoms with Gasteiger partial charge in [-0.1, -0.05) is 20.8 Å². The van der Waals surface area contributed by atoms with Crippen LogP contribution in [0.4, 0.5) is 0 Å². The summed E-state index contributed by atoms with van der Waals surface area (Å²) in [5.41, 5.74) is 0.413. The molecule has 1 aliphatic carbocycles. The van der Waals surface area contributed by atoms with Crippen molar-refractivity contribution in [1.29, 1.82) is 0 Å². The molecule has 0 spiro atoms. The van der Waals surface area contributed by atoms with E-state index in [1.165, 1.54) is 0 Å². The Morgan fingerprint density at radius 3 is 2.10 bits per heavy atom. The molecule has 1 rings (SSSR count). The van der Waals surface area contributed by atoms with Gasteiger partial charge in [-0.25, -0.2) is 0 Å². The van der Waals surface area contributed by atoms with Gasteiger partial charge in [0.25, 0.3) is 0 Å². The molecular weight excluding hydrogens is 124 g/mol. The normalized spacial score (nSPS) is 36.8. The molecule has 0 aromatic rings. The second-order valence-electron chi connectivity index (χ2n) is 4.20. The monoisotopic (exact) mass is 140 g/mol. The molecule has 0 heterocycles. The first-order valence-corrected chi connectivity index (χ1v) is 3.95. The van der Waals surface area contributed by atoms with Crippen LogP contribution in [0, 0.1) is 17.3 Å². The van der Waals surface area contributed by atoms with Gasteiger partial charge in [0.2, 0.25) is 0 Å². The smallest absolute Gasteiger partial charge is 0.133 e. The van der Waals surface area contributed by atoms with Crippen LogP contribution in [-0.4, -0.2) is 5.78 Å². The first kappa shape index (κ1) is 7.77. The molecule has 0 aromatic heterocycles.